The van der Waals surface area contributed by atoms with Crippen LogP contribution < -0.4 is 26.4 Å². The SMILES string of the molecule is Cc1cc2c3c(c1)N(c1ccc4c(c1)C(C)(C)CCC4(C)C)c1c(oc4cc5c(cc14)C(C)(C)CCC5(C)C)B3c1cc3c(cc1N2c1cc2c(cc1-c1c(C)cccc1C)C(C)(C)CCC2(C)C)C(C)(C)CCC3(C)C. The number of anilines is 6. The quantitative estimate of drug-likeness (QED) is 0.164. The normalized spacial score (nSPS) is 21.8. The van der Waals surface area contributed by atoms with Gasteiger partial charge in [0, 0.05) is 33.7 Å². The van der Waals surface area contributed by atoms with Crippen molar-refractivity contribution in [2.75, 3.05) is 9.80 Å². The summed E-state index contributed by atoms with van der Waals surface area (Å²) >= 11 is 0. The van der Waals surface area contributed by atoms with Gasteiger partial charge >= 0.3 is 0 Å². The van der Waals surface area contributed by atoms with Crippen LogP contribution in [0.4, 0.5) is 34.1 Å². The molecular weight excluding hydrogens is 932 g/mol. The third kappa shape index (κ3) is 7.26. The van der Waals surface area contributed by atoms with Crippen molar-refractivity contribution in [2.24, 2.45) is 0 Å². The Labute approximate surface area is 463 Å². The molecular formula is C73H87BN2O. The smallest absolute Gasteiger partial charge is 0.297 e. The van der Waals surface area contributed by atoms with E-state index < -0.39 is 0 Å². The molecule has 0 N–H and O–H groups in total. The molecule has 1 aromatic heterocycles. The van der Waals surface area contributed by atoms with Crippen LogP contribution in [0.2, 0.25) is 0 Å². The molecule has 6 aromatic carbocycles. The standard InChI is InChI=1S/C73H87BN2O/c1-42-33-59-63-60(34-42)76(57-39-53-50(68(8,9)27-30-71(53,14)15)36-46(57)62-43(2)21-20-22-44(62)3)58-40-54-52(70(12,13)29-31-72(54,16)17)38-56(58)74(63)65-64(47-37-51-55(41-61(47)77-65)73(18,19)32-28-69(51,10)11)75(59)45-23-24-48-49(35-45)67(6,7)26-25-66(48,4)5/h20-24,33-41H,25-32H2,1-19H3. The molecule has 0 spiro atoms. The Kier molecular flexibility index (Phi) is 10.5. The van der Waals surface area contributed by atoms with E-state index in [-0.39, 0.29) is 50.0 Å². The van der Waals surface area contributed by atoms with Crippen LogP contribution in [0.25, 0.3) is 22.1 Å². The van der Waals surface area contributed by atoms with Crippen LogP contribution >= 0.6 is 0 Å². The molecule has 0 saturated carbocycles. The van der Waals surface area contributed by atoms with Crippen molar-refractivity contribution in [3.63, 3.8) is 0 Å². The lowest BCUT2D eigenvalue weighted by atomic mass is 9.35. The van der Waals surface area contributed by atoms with Crippen LogP contribution in [0.5, 0.6) is 0 Å². The Balaban J connectivity index is 1.20. The average Bonchev–Trinajstić information content (AvgIpc) is 3.98. The fraction of sp³-hybridized carbons (Fsp3) is 0.479. The Morgan fingerprint density at radius 2 is 0.831 bits per heavy atom. The van der Waals surface area contributed by atoms with Crippen LogP contribution in [0.1, 0.15) is 223 Å². The van der Waals surface area contributed by atoms with Crippen molar-refractivity contribution in [2.45, 2.75) is 226 Å². The molecule has 3 nitrogen and oxygen atoms in total. The van der Waals surface area contributed by atoms with E-state index in [0.717, 1.165) is 49.8 Å². The van der Waals surface area contributed by atoms with Crippen molar-refractivity contribution >= 4 is 68.4 Å². The molecule has 4 aliphatic carbocycles. The van der Waals surface area contributed by atoms with E-state index in [2.05, 4.69) is 226 Å². The van der Waals surface area contributed by atoms with Crippen molar-refractivity contribution < 1.29 is 4.42 Å². The van der Waals surface area contributed by atoms with Crippen molar-refractivity contribution in [3.8, 4) is 11.1 Å². The minimum absolute atomic E-state index is 0.00224. The first kappa shape index (κ1) is 51.0. The molecule has 0 fully saturated rings. The highest BCUT2D eigenvalue weighted by atomic mass is 16.3. The summed E-state index contributed by atoms with van der Waals surface area (Å²) in [5.74, 6) is 0. The van der Waals surface area contributed by atoms with Gasteiger partial charge in [0.15, 0.2) is 0 Å². The van der Waals surface area contributed by atoms with Crippen molar-refractivity contribution in [1.82, 2.24) is 0 Å². The van der Waals surface area contributed by atoms with E-state index >= 15 is 0 Å². The van der Waals surface area contributed by atoms with Crippen LogP contribution in [0.3, 0.4) is 0 Å². The monoisotopic (exact) mass is 1020 g/mol. The van der Waals surface area contributed by atoms with Gasteiger partial charge < -0.3 is 14.2 Å². The topological polar surface area (TPSA) is 19.6 Å². The fourth-order valence-electron chi connectivity index (χ4n) is 16.2. The number of aryl methyl sites for hydroxylation is 3. The lowest BCUT2D eigenvalue weighted by Gasteiger charge is -2.48. The average molecular weight is 1020 g/mol. The van der Waals surface area contributed by atoms with E-state index in [1.165, 1.54) is 136 Å². The zero-order valence-electron chi connectivity index (χ0n) is 50.6. The first-order valence-corrected chi connectivity index (χ1v) is 29.8. The number of fused-ring (bicyclic) bond motifs is 10. The summed E-state index contributed by atoms with van der Waals surface area (Å²) in [7, 11) is 0. The number of benzene rings is 6. The molecule has 0 unspecified atom stereocenters. The zero-order valence-corrected chi connectivity index (χ0v) is 50.6. The van der Waals surface area contributed by atoms with Crippen LogP contribution in [-0.2, 0) is 43.3 Å². The van der Waals surface area contributed by atoms with Gasteiger partial charge in [0.2, 0.25) is 0 Å². The second-order valence-electron chi connectivity index (χ2n) is 31.0. The number of rotatable bonds is 3. The first-order valence-electron chi connectivity index (χ1n) is 29.8. The number of hydrogen-bond acceptors (Lipinski definition) is 3. The number of furan rings is 1. The maximum absolute atomic E-state index is 7.86. The molecule has 6 aliphatic rings. The highest BCUT2D eigenvalue weighted by Crippen LogP contribution is 2.58. The summed E-state index contributed by atoms with van der Waals surface area (Å²) in [6.45, 7) is 46.6. The van der Waals surface area contributed by atoms with Crippen LogP contribution in [-0.4, -0.2) is 6.71 Å². The number of hydrogen-bond donors (Lipinski definition) is 0. The second kappa shape index (κ2) is 15.9. The fourth-order valence-corrected chi connectivity index (χ4v) is 16.2. The molecule has 4 heteroatoms. The summed E-state index contributed by atoms with van der Waals surface area (Å²) < 4.78 is 7.86. The molecule has 0 radical (unpaired) electrons. The van der Waals surface area contributed by atoms with E-state index in [4.69, 9.17) is 4.42 Å². The van der Waals surface area contributed by atoms with Gasteiger partial charge in [-0.3, -0.25) is 0 Å². The largest absolute Gasteiger partial charge is 0.468 e. The third-order valence-electron chi connectivity index (χ3n) is 21.8. The summed E-state index contributed by atoms with van der Waals surface area (Å²) in [5, 5.41) is 1.23. The predicted molar refractivity (Wildman–Crippen MR) is 331 cm³/mol. The summed E-state index contributed by atoms with van der Waals surface area (Å²) in [5.41, 5.74) is 31.0. The predicted octanol–water partition coefficient (Wildman–Crippen LogP) is 18.5. The highest BCUT2D eigenvalue weighted by molar-refractivity contribution is 7.00. The third-order valence-corrected chi connectivity index (χ3v) is 21.8. The van der Waals surface area contributed by atoms with E-state index in [0.29, 0.717) is 0 Å². The Morgan fingerprint density at radius 1 is 0.403 bits per heavy atom. The van der Waals surface area contributed by atoms with Gasteiger partial charge in [0.25, 0.3) is 6.71 Å². The van der Waals surface area contributed by atoms with Crippen molar-refractivity contribution in [1.29, 1.82) is 0 Å². The Hall–Kier alpha value is -5.48. The molecule has 0 saturated heterocycles. The van der Waals surface area contributed by atoms with Crippen LogP contribution in [0.15, 0.2) is 89.3 Å². The number of nitrogens with zero attached hydrogens (tertiary/aromatic N) is 2. The molecule has 77 heavy (non-hydrogen) atoms. The molecule has 0 atom stereocenters. The maximum Gasteiger partial charge on any atom is 0.297 e. The summed E-state index contributed by atoms with van der Waals surface area (Å²) in [6.07, 6.45) is 9.29. The van der Waals surface area contributed by atoms with Gasteiger partial charge in [-0.1, -0.05) is 141 Å². The van der Waals surface area contributed by atoms with Gasteiger partial charge in [-0.2, -0.15) is 0 Å². The van der Waals surface area contributed by atoms with Gasteiger partial charge in [-0.15, -0.1) is 0 Å². The molecule has 0 bridgehead atoms. The van der Waals surface area contributed by atoms with Gasteiger partial charge in [-0.05, 0) is 248 Å². The highest BCUT2D eigenvalue weighted by Gasteiger charge is 2.51. The Morgan fingerprint density at radius 3 is 1.36 bits per heavy atom. The molecule has 398 valence electrons. The molecule has 3 heterocycles. The molecule has 2 aliphatic heterocycles. The summed E-state index contributed by atoms with van der Waals surface area (Å²) in [4.78, 5) is 5.47. The minimum Gasteiger partial charge on any atom is -0.468 e. The lowest BCUT2D eigenvalue weighted by Crippen LogP contribution is -2.61. The van der Waals surface area contributed by atoms with Gasteiger partial charge in [0.05, 0.1) is 17.0 Å². The maximum atomic E-state index is 7.86. The van der Waals surface area contributed by atoms with E-state index in [1.54, 1.807) is 0 Å². The van der Waals surface area contributed by atoms with E-state index in [9.17, 15) is 0 Å². The molecule has 7 aromatic rings. The zero-order chi connectivity index (χ0) is 54.9. The van der Waals surface area contributed by atoms with E-state index in [1.807, 2.05) is 0 Å². The lowest BCUT2D eigenvalue weighted by molar-refractivity contribution is 0.332. The summed E-state index contributed by atoms with van der Waals surface area (Å²) in [6, 6.07) is 35.4. The minimum atomic E-state index is -0.140. The van der Waals surface area contributed by atoms with Gasteiger partial charge in [-0.25, -0.2) is 0 Å². The second-order valence-corrected chi connectivity index (χ2v) is 31.0. The Bertz CT molecular complexity index is 3690. The van der Waals surface area contributed by atoms with Crippen LogP contribution in [0, 0.1) is 20.8 Å². The van der Waals surface area contributed by atoms with Crippen molar-refractivity contribution in [3.05, 3.63) is 146 Å². The van der Waals surface area contributed by atoms with Gasteiger partial charge in [0.1, 0.15) is 5.58 Å². The molecule has 13 rings (SSSR count). The first-order chi connectivity index (χ1) is 35.8. The molecule has 0 amide bonds.